The van der Waals surface area contributed by atoms with Crippen molar-refractivity contribution in [3.8, 4) is 0 Å². The summed E-state index contributed by atoms with van der Waals surface area (Å²) in [5.41, 5.74) is 1.67. The van der Waals surface area contributed by atoms with Crippen molar-refractivity contribution in [2.75, 3.05) is 26.3 Å². The van der Waals surface area contributed by atoms with Crippen molar-refractivity contribution in [2.24, 2.45) is 11.3 Å². The Hall–Kier alpha value is -2.18. The molecule has 132 valence electrons. The largest absolute Gasteiger partial charge is 0.481 e. The fourth-order valence-corrected chi connectivity index (χ4v) is 4.23. The van der Waals surface area contributed by atoms with E-state index in [9.17, 15) is 14.7 Å². The first-order chi connectivity index (χ1) is 12.0. The van der Waals surface area contributed by atoms with Gasteiger partial charge in [-0.15, -0.1) is 0 Å². The number of hydrogen-bond donors (Lipinski definition) is 2. The number of aliphatic carboxylic acids is 1. The second-order valence-corrected chi connectivity index (χ2v) is 7.38. The molecule has 2 aromatic rings. The fourth-order valence-electron chi connectivity index (χ4n) is 4.23. The Kier molecular flexibility index (Phi) is 3.89. The molecule has 2 fully saturated rings. The first-order valence-corrected chi connectivity index (χ1v) is 8.64. The third kappa shape index (κ3) is 2.75. The summed E-state index contributed by atoms with van der Waals surface area (Å²) < 4.78 is 5.46. The van der Waals surface area contributed by atoms with Crippen LogP contribution in [0.25, 0.3) is 10.9 Å². The van der Waals surface area contributed by atoms with Crippen LogP contribution in [0.15, 0.2) is 29.1 Å². The molecule has 1 aromatic heterocycles. The van der Waals surface area contributed by atoms with Crippen LogP contribution in [0, 0.1) is 18.3 Å². The van der Waals surface area contributed by atoms with Crippen LogP contribution in [0.5, 0.6) is 0 Å². The van der Waals surface area contributed by atoms with Crippen LogP contribution in [-0.2, 0) is 16.1 Å². The third-order valence-corrected chi connectivity index (χ3v) is 5.63. The number of aryl methyl sites for hydroxylation is 1. The average molecular weight is 342 g/mol. The molecule has 2 N–H and O–H groups in total. The molecular weight excluding hydrogens is 320 g/mol. The Morgan fingerprint density at radius 1 is 1.44 bits per heavy atom. The zero-order chi connectivity index (χ0) is 17.6. The van der Waals surface area contributed by atoms with Gasteiger partial charge < -0.3 is 14.8 Å². The van der Waals surface area contributed by atoms with Gasteiger partial charge in [0.2, 0.25) is 0 Å². The van der Waals surface area contributed by atoms with Crippen molar-refractivity contribution in [3.05, 3.63) is 45.7 Å². The third-order valence-electron chi connectivity index (χ3n) is 5.63. The van der Waals surface area contributed by atoms with Gasteiger partial charge in [-0.05, 0) is 42.3 Å². The highest BCUT2D eigenvalue weighted by atomic mass is 16.5. The summed E-state index contributed by atoms with van der Waals surface area (Å²) >= 11 is 0. The number of likely N-dealkylation sites (tertiary alicyclic amines) is 1. The first kappa shape index (κ1) is 16.3. The van der Waals surface area contributed by atoms with Gasteiger partial charge in [-0.3, -0.25) is 14.5 Å². The minimum Gasteiger partial charge on any atom is -0.481 e. The molecule has 0 bridgehead atoms. The van der Waals surface area contributed by atoms with Gasteiger partial charge in [-0.1, -0.05) is 12.1 Å². The van der Waals surface area contributed by atoms with Crippen LogP contribution in [0.3, 0.4) is 0 Å². The summed E-state index contributed by atoms with van der Waals surface area (Å²) in [6.45, 7) is 4.45. The highest BCUT2D eigenvalue weighted by Crippen LogP contribution is 2.42. The molecule has 6 heteroatoms. The predicted octanol–water partition coefficient (Wildman–Crippen LogP) is 1.76. The molecule has 1 aromatic carbocycles. The zero-order valence-electron chi connectivity index (χ0n) is 14.2. The van der Waals surface area contributed by atoms with Gasteiger partial charge in [-0.2, -0.15) is 0 Å². The number of fused-ring (bicyclic) bond motifs is 2. The molecule has 6 nitrogen and oxygen atoms in total. The number of hydrogen-bond acceptors (Lipinski definition) is 4. The number of rotatable bonds is 3. The van der Waals surface area contributed by atoms with Gasteiger partial charge >= 0.3 is 5.97 Å². The van der Waals surface area contributed by atoms with Crippen LogP contribution in [0.4, 0.5) is 0 Å². The molecule has 2 saturated heterocycles. The van der Waals surface area contributed by atoms with E-state index in [1.165, 1.54) is 0 Å². The summed E-state index contributed by atoms with van der Waals surface area (Å²) in [6.07, 6.45) is 0.760. The smallest absolute Gasteiger partial charge is 0.313 e. The molecule has 0 amide bonds. The molecule has 25 heavy (non-hydrogen) atoms. The normalized spacial score (nSPS) is 26.7. The van der Waals surface area contributed by atoms with Crippen LogP contribution in [0.1, 0.15) is 17.5 Å². The Bertz CT molecular complexity index is 891. The van der Waals surface area contributed by atoms with E-state index < -0.39 is 11.4 Å². The number of benzene rings is 1. The number of aromatic amines is 1. The van der Waals surface area contributed by atoms with E-state index in [1.807, 2.05) is 31.2 Å². The Labute approximate surface area is 145 Å². The van der Waals surface area contributed by atoms with Crippen LogP contribution < -0.4 is 5.56 Å². The summed E-state index contributed by atoms with van der Waals surface area (Å²) in [7, 11) is 0. The second kappa shape index (κ2) is 5.97. The van der Waals surface area contributed by atoms with Gasteiger partial charge in [0.05, 0.1) is 6.61 Å². The van der Waals surface area contributed by atoms with E-state index in [1.54, 1.807) is 0 Å². The highest BCUT2D eigenvalue weighted by Gasteiger charge is 2.54. The van der Waals surface area contributed by atoms with Gasteiger partial charge in [0.1, 0.15) is 5.41 Å². The lowest BCUT2D eigenvalue weighted by Crippen LogP contribution is -2.46. The SMILES string of the molecule is Cc1ccc2cc(CN3C[C@@H]4CCOC[C@]4(C(=O)O)C3)c(=O)[nH]c2c1. The van der Waals surface area contributed by atoms with E-state index in [-0.39, 0.29) is 18.1 Å². The number of aromatic nitrogens is 1. The second-order valence-electron chi connectivity index (χ2n) is 7.38. The lowest BCUT2D eigenvalue weighted by molar-refractivity contribution is -0.159. The van der Waals surface area contributed by atoms with Crippen molar-refractivity contribution >= 4 is 16.9 Å². The summed E-state index contributed by atoms with van der Waals surface area (Å²) in [5.74, 6) is -0.705. The van der Waals surface area contributed by atoms with Gasteiger partial charge in [0.25, 0.3) is 5.56 Å². The van der Waals surface area contributed by atoms with Crippen molar-refractivity contribution in [1.82, 2.24) is 9.88 Å². The maximum atomic E-state index is 12.4. The molecule has 4 rings (SSSR count). The molecule has 2 atom stereocenters. The average Bonchev–Trinajstić information content (AvgIpc) is 2.95. The molecule has 0 spiro atoms. The van der Waals surface area contributed by atoms with E-state index in [4.69, 9.17) is 4.74 Å². The molecule has 2 aliphatic heterocycles. The number of pyridine rings is 1. The lowest BCUT2D eigenvalue weighted by Gasteiger charge is -2.34. The maximum absolute atomic E-state index is 12.4. The number of carbonyl (C=O) groups is 1. The predicted molar refractivity (Wildman–Crippen MR) is 93.6 cm³/mol. The Morgan fingerprint density at radius 3 is 3.04 bits per heavy atom. The summed E-state index contributed by atoms with van der Waals surface area (Å²) in [5, 5.41) is 10.7. The maximum Gasteiger partial charge on any atom is 0.313 e. The molecule has 0 saturated carbocycles. The topological polar surface area (TPSA) is 82.6 Å². The van der Waals surface area contributed by atoms with Gasteiger partial charge in [0, 0.05) is 37.3 Å². The van der Waals surface area contributed by atoms with Gasteiger partial charge in [-0.25, -0.2) is 0 Å². The Balaban J connectivity index is 1.61. The molecule has 3 heterocycles. The number of ether oxygens (including phenoxy) is 1. The van der Waals surface area contributed by atoms with E-state index in [2.05, 4.69) is 9.88 Å². The van der Waals surface area contributed by atoms with Crippen molar-refractivity contribution in [2.45, 2.75) is 19.9 Å². The molecular formula is C19H22N2O4. The summed E-state index contributed by atoms with van der Waals surface area (Å²) in [4.78, 5) is 29.3. The van der Waals surface area contributed by atoms with Crippen molar-refractivity contribution in [3.63, 3.8) is 0 Å². The molecule has 0 aliphatic carbocycles. The zero-order valence-corrected chi connectivity index (χ0v) is 14.2. The van der Waals surface area contributed by atoms with E-state index >= 15 is 0 Å². The van der Waals surface area contributed by atoms with E-state index in [0.29, 0.717) is 31.8 Å². The molecule has 0 radical (unpaired) electrons. The lowest BCUT2D eigenvalue weighted by atomic mass is 9.76. The van der Waals surface area contributed by atoms with Crippen LogP contribution >= 0.6 is 0 Å². The minimum absolute atomic E-state index is 0.0842. The highest BCUT2D eigenvalue weighted by molar-refractivity contribution is 5.79. The number of nitrogens with zero attached hydrogens (tertiary/aromatic N) is 1. The van der Waals surface area contributed by atoms with Crippen molar-refractivity contribution in [1.29, 1.82) is 0 Å². The monoisotopic (exact) mass is 342 g/mol. The standard InChI is InChI=1S/C19H22N2O4/c1-12-2-3-13-7-14(17(22)20-16(13)6-12)8-21-9-15-4-5-25-11-19(15,10-21)18(23)24/h2-3,6-7,15H,4-5,8-11H2,1H3,(H,20,22)(H,23,24)/t15-,19+/m0/s1. The number of nitrogens with one attached hydrogen (secondary N) is 1. The van der Waals surface area contributed by atoms with Crippen LogP contribution in [-0.4, -0.2) is 47.3 Å². The van der Waals surface area contributed by atoms with Gasteiger partial charge in [0.15, 0.2) is 0 Å². The van der Waals surface area contributed by atoms with Crippen molar-refractivity contribution < 1.29 is 14.6 Å². The van der Waals surface area contributed by atoms with Crippen LogP contribution in [0.2, 0.25) is 0 Å². The number of H-pyrrole nitrogens is 1. The molecule has 0 unspecified atom stereocenters. The van der Waals surface area contributed by atoms with E-state index in [0.717, 1.165) is 22.9 Å². The number of carboxylic acid groups (broad SMARTS) is 1. The fraction of sp³-hybridized carbons (Fsp3) is 0.474. The number of carboxylic acids is 1. The molecule has 2 aliphatic rings. The quantitative estimate of drug-likeness (QED) is 0.888. The summed E-state index contributed by atoms with van der Waals surface area (Å²) in [6, 6.07) is 7.90. The minimum atomic E-state index is -0.834. The first-order valence-electron chi connectivity index (χ1n) is 8.64. The Morgan fingerprint density at radius 2 is 2.28 bits per heavy atom.